The van der Waals surface area contributed by atoms with Gasteiger partial charge in [-0.05, 0) is 64.6 Å². The first-order chi connectivity index (χ1) is 12.2. The molecule has 1 aliphatic rings. The third-order valence-corrected chi connectivity index (χ3v) is 5.42. The number of hydrogen-bond donors (Lipinski definition) is 0. The van der Waals surface area contributed by atoms with Gasteiger partial charge in [0.05, 0.1) is 19.9 Å². The van der Waals surface area contributed by atoms with Crippen LogP contribution in [0.3, 0.4) is 0 Å². The summed E-state index contributed by atoms with van der Waals surface area (Å²) in [6.45, 7) is 1.83. The van der Waals surface area contributed by atoms with Crippen LogP contribution in [0.4, 0.5) is 0 Å². The minimum absolute atomic E-state index is 0.765. The van der Waals surface area contributed by atoms with Crippen molar-refractivity contribution in [1.82, 2.24) is 19.6 Å². The molecule has 130 valence electrons. The molecular formula is C19H21IN4O. The van der Waals surface area contributed by atoms with E-state index >= 15 is 0 Å². The van der Waals surface area contributed by atoms with Crippen LogP contribution in [0, 0.1) is 9.62 Å². The van der Waals surface area contributed by atoms with Gasteiger partial charge in [-0.25, -0.2) is 0 Å². The molecule has 1 fully saturated rings. The fraction of sp³-hybridized carbons (Fsp3) is 0.368. The SMILES string of the molecule is COc1ccc(Cn2cc(Cc3cnn(CC4CC4)c3)c(I)n2)cc1. The molecule has 0 unspecified atom stereocenters. The van der Waals surface area contributed by atoms with Crippen LogP contribution in [0.5, 0.6) is 5.75 Å². The zero-order chi connectivity index (χ0) is 17.2. The van der Waals surface area contributed by atoms with Gasteiger partial charge in [-0.3, -0.25) is 9.36 Å². The highest BCUT2D eigenvalue weighted by molar-refractivity contribution is 14.1. The minimum Gasteiger partial charge on any atom is -0.497 e. The molecule has 1 aliphatic carbocycles. The van der Waals surface area contributed by atoms with Gasteiger partial charge in [0.2, 0.25) is 0 Å². The Morgan fingerprint density at radius 2 is 1.92 bits per heavy atom. The van der Waals surface area contributed by atoms with Crippen molar-refractivity contribution in [2.24, 2.45) is 5.92 Å². The number of nitrogens with zero attached hydrogens (tertiary/aromatic N) is 4. The summed E-state index contributed by atoms with van der Waals surface area (Å²) in [6, 6.07) is 8.13. The molecule has 0 spiro atoms. The van der Waals surface area contributed by atoms with Crippen LogP contribution >= 0.6 is 22.6 Å². The molecule has 0 saturated heterocycles. The predicted molar refractivity (Wildman–Crippen MR) is 105 cm³/mol. The van der Waals surface area contributed by atoms with Gasteiger partial charge < -0.3 is 4.74 Å². The van der Waals surface area contributed by atoms with Crippen molar-refractivity contribution in [3.05, 3.63) is 63.2 Å². The van der Waals surface area contributed by atoms with E-state index in [1.54, 1.807) is 7.11 Å². The van der Waals surface area contributed by atoms with Crippen LogP contribution < -0.4 is 4.74 Å². The van der Waals surface area contributed by atoms with Gasteiger partial charge in [-0.1, -0.05) is 12.1 Å². The number of hydrogen-bond acceptors (Lipinski definition) is 3. The van der Waals surface area contributed by atoms with Crippen LogP contribution in [-0.4, -0.2) is 26.7 Å². The Hall–Kier alpha value is -1.83. The second kappa shape index (κ2) is 7.19. The topological polar surface area (TPSA) is 44.9 Å². The largest absolute Gasteiger partial charge is 0.497 e. The number of ether oxygens (including phenoxy) is 1. The molecule has 3 aromatic rings. The highest BCUT2D eigenvalue weighted by atomic mass is 127. The number of rotatable bonds is 7. The summed E-state index contributed by atoms with van der Waals surface area (Å²) < 4.78 is 10.4. The second-order valence-corrected chi connectivity index (χ2v) is 7.70. The van der Waals surface area contributed by atoms with Gasteiger partial charge in [-0.15, -0.1) is 0 Å². The van der Waals surface area contributed by atoms with Gasteiger partial charge in [0.25, 0.3) is 0 Å². The lowest BCUT2D eigenvalue weighted by Crippen LogP contribution is -2.00. The van der Waals surface area contributed by atoms with Gasteiger partial charge >= 0.3 is 0 Å². The molecule has 2 heterocycles. The zero-order valence-electron chi connectivity index (χ0n) is 14.2. The standard InChI is InChI=1S/C19H21IN4O/c1-25-18-6-4-15(5-7-18)11-24-13-17(19(20)22-24)8-16-9-21-23(12-16)10-14-2-3-14/h4-7,9,12-14H,2-3,8,10-11H2,1H3. The summed E-state index contributed by atoms with van der Waals surface area (Å²) in [5.41, 5.74) is 3.71. The smallest absolute Gasteiger partial charge is 0.126 e. The molecule has 0 radical (unpaired) electrons. The molecule has 6 heteroatoms. The summed E-state index contributed by atoms with van der Waals surface area (Å²) in [4.78, 5) is 0. The van der Waals surface area contributed by atoms with Crippen LogP contribution in [-0.2, 0) is 19.5 Å². The first kappa shape index (κ1) is 16.6. The van der Waals surface area contributed by atoms with E-state index < -0.39 is 0 Å². The molecule has 0 amide bonds. The molecule has 4 rings (SSSR count). The van der Waals surface area contributed by atoms with E-state index in [1.165, 1.54) is 29.5 Å². The molecular weight excluding hydrogens is 427 g/mol. The van der Waals surface area contributed by atoms with Crippen molar-refractivity contribution < 1.29 is 4.74 Å². The van der Waals surface area contributed by atoms with E-state index in [0.717, 1.165) is 34.9 Å². The summed E-state index contributed by atoms with van der Waals surface area (Å²) >= 11 is 2.32. The molecule has 0 bridgehead atoms. The van der Waals surface area contributed by atoms with Crippen molar-refractivity contribution >= 4 is 22.6 Å². The molecule has 5 nitrogen and oxygen atoms in total. The first-order valence-electron chi connectivity index (χ1n) is 8.55. The van der Waals surface area contributed by atoms with Crippen molar-refractivity contribution in [3.63, 3.8) is 0 Å². The molecule has 0 atom stereocenters. The minimum atomic E-state index is 0.765. The van der Waals surface area contributed by atoms with Gasteiger partial charge in [0.15, 0.2) is 0 Å². The number of methoxy groups -OCH3 is 1. The van der Waals surface area contributed by atoms with E-state index in [9.17, 15) is 0 Å². The summed E-state index contributed by atoms with van der Waals surface area (Å²) in [6.07, 6.45) is 9.89. The van der Waals surface area contributed by atoms with Crippen molar-refractivity contribution in [3.8, 4) is 5.75 Å². The summed E-state index contributed by atoms with van der Waals surface area (Å²) in [5, 5.41) is 9.14. The highest BCUT2D eigenvalue weighted by Crippen LogP contribution is 2.30. The Morgan fingerprint density at radius 3 is 2.64 bits per heavy atom. The Balaban J connectivity index is 1.42. The Morgan fingerprint density at radius 1 is 1.12 bits per heavy atom. The van der Waals surface area contributed by atoms with Crippen LogP contribution in [0.25, 0.3) is 0 Å². The fourth-order valence-corrected chi connectivity index (χ4v) is 3.55. The normalized spacial score (nSPS) is 14.0. The van der Waals surface area contributed by atoms with Gasteiger partial charge in [0, 0.05) is 30.9 Å². The lowest BCUT2D eigenvalue weighted by Gasteiger charge is -2.03. The zero-order valence-corrected chi connectivity index (χ0v) is 16.4. The van der Waals surface area contributed by atoms with E-state index in [2.05, 4.69) is 62.0 Å². The number of aromatic nitrogens is 4. The maximum Gasteiger partial charge on any atom is 0.126 e. The lowest BCUT2D eigenvalue weighted by atomic mass is 10.1. The number of benzene rings is 1. The molecule has 1 aromatic carbocycles. The molecule has 2 aromatic heterocycles. The van der Waals surface area contributed by atoms with Crippen LogP contribution in [0.15, 0.2) is 42.9 Å². The average molecular weight is 448 g/mol. The van der Waals surface area contributed by atoms with Gasteiger partial charge in [-0.2, -0.15) is 10.2 Å². The van der Waals surface area contributed by atoms with E-state index in [0.29, 0.717) is 0 Å². The van der Waals surface area contributed by atoms with E-state index in [1.807, 2.05) is 23.0 Å². The average Bonchev–Trinajstić information content (AvgIpc) is 3.21. The Kier molecular flexibility index (Phi) is 4.78. The Bertz CT molecular complexity index is 849. The predicted octanol–water partition coefficient (Wildman–Crippen LogP) is 3.74. The second-order valence-electron chi connectivity index (χ2n) is 6.68. The molecule has 1 saturated carbocycles. The fourth-order valence-electron chi connectivity index (χ4n) is 2.94. The summed E-state index contributed by atoms with van der Waals surface area (Å²) in [5.74, 6) is 1.72. The van der Waals surface area contributed by atoms with E-state index in [-0.39, 0.29) is 0 Å². The number of halogens is 1. The molecule has 0 aliphatic heterocycles. The third-order valence-electron chi connectivity index (χ3n) is 4.51. The van der Waals surface area contributed by atoms with Gasteiger partial charge in [0.1, 0.15) is 9.45 Å². The third kappa shape index (κ3) is 4.23. The van der Waals surface area contributed by atoms with Crippen LogP contribution in [0.1, 0.15) is 29.5 Å². The van der Waals surface area contributed by atoms with Crippen molar-refractivity contribution in [2.45, 2.75) is 32.4 Å². The maximum atomic E-state index is 5.21. The Labute approximate surface area is 161 Å². The first-order valence-corrected chi connectivity index (χ1v) is 9.63. The van der Waals surface area contributed by atoms with Crippen molar-refractivity contribution in [2.75, 3.05) is 7.11 Å². The van der Waals surface area contributed by atoms with Crippen LogP contribution in [0.2, 0.25) is 0 Å². The van der Waals surface area contributed by atoms with Crippen molar-refractivity contribution in [1.29, 1.82) is 0 Å². The maximum absolute atomic E-state index is 5.21. The molecule has 0 N–H and O–H groups in total. The quantitative estimate of drug-likeness (QED) is 0.518. The molecule has 25 heavy (non-hydrogen) atoms. The monoisotopic (exact) mass is 448 g/mol. The summed E-state index contributed by atoms with van der Waals surface area (Å²) in [7, 11) is 1.68. The van der Waals surface area contributed by atoms with E-state index in [4.69, 9.17) is 4.74 Å². The highest BCUT2D eigenvalue weighted by Gasteiger charge is 2.22. The lowest BCUT2D eigenvalue weighted by molar-refractivity contribution is 0.414.